The molecule has 5 heteroatoms. The van der Waals surface area contributed by atoms with Gasteiger partial charge in [0.1, 0.15) is 5.69 Å². The lowest BCUT2D eigenvalue weighted by molar-refractivity contribution is 0.0273. The van der Waals surface area contributed by atoms with E-state index in [2.05, 4.69) is 4.98 Å². The van der Waals surface area contributed by atoms with E-state index in [-0.39, 0.29) is 5.69 Å². The number of aliphatic hydroxyl groups is 1. The van der Waals surface area contributed by atoms with Crippen LogP contribution in [0, 0.1) is 0 Å². The molecule has 0 saturated heterocycles. The Balaban J connectivity index is 1.97. The van der Waals surface area contributed by atoms with Crippen molar-refractivity contribution in [3.8, 4) is 0 Å². The number of carboxylic acid groups (broad SMARTS) is 1. The van der Waals surface area contributed by atoms with Gasteiger partial charge in [0.15, 0.2) is 0 Å². The molecule has 1 fully saturated rings. The summed E-state index contributed by atoms with van der Waals surface area (Å²) in [4.78, 5) is 15.4. The summed E-state index contributed by atoms with van der Waals surface area (Å²) < 4.78 is 0. The Bertz CT molecular complexity index is 430. The number of pyridine rings is 1. The van der Waals surface area contributed by atoms with Gasteiger partial charge in [-0.25, -0.2) is 9.78 Å². The van der Waals surface area contributed by atoms with Crippen LogP contribution in [0.5, 0.6) is 0 Å². The lowest BCUT2D eigenvalue weighted by Gasteiger charge is -2.31. The first-order valence-corrected chi connectivity index (χ1v) is 7.12. The maximum Gasteiger partial charge on any atom is 0.354 e. The van der Waals surface area contributed by atoms with E-state index in [4.69, 9.17) is 5.11 Å². The summed E-state index contributed by atoms with van der Waals surface area (Å²) in [5, 5.41) is 19.2. The standard InChI is InChI=1S/C13H17NO3S/c15-12(16)11-8-10(4-7-14-11)18-9-13(17)5-2-1-3-6-13/h4,7-8,17H,1-3,5-6,9H2,(H,15,16). The second-order valence-electron chi connectivity index (χ2n) is 4.76. The summed E-state index contributed by atoms with van der Waals surface area (Å²) in [6.45, 7) is 0. The number of thioether (sulfide) groups is 1. The quantitative estimate of drug-likeness (QED) is 0.820. The van der Waals surface area contributed by atoms with Crippen LogP contribution in [-0.4, -0.2) is 32.5 Å². The number of rotatable bonds is 4. The molecule has 0 amide bonds. The zero-order chi connectivity index (χ0) is 13.0. The van der Waals surface area contributed by atoms with Crippen molar-refractivity contribution in [1.82, 2.24) is 4.98 Å². The zero-order valence-corrected chi connectivity index (χ0v) is 10.9. The third-order valence-corrected chi connectivity index (χ3v) is 4.51. The highest BCUT2D eigenvalue weighted by Gasteiger charge is 2.29. The largest absolute Gasteiger partial charge is 0.477 e. The van der Waals surface area contributed by atoms with Gasteiger partial charge in [-0.1, -0.05) is 19.3 Å². The van der Waals surface area contributed by atoms with E-state index in [9.17, 15) is 9.90 Å². The Labute approximate surface area is 110 Å². The molecule has 2 N–H and O–H groups in total. The van der Waals surface area contributed by atoms with Crippen molar-refractivity contribution in [2.24, 2.45) is 0 Å². The highest BCUT2D eigenvalue weighted by atomic mass is 32.2. The van der Waals surface area contributed by atoms with Crippen LogP contribution in [0.4, 0.5) is 0 Å². The molecule has 18 heavy (non-hydrogen) atoms. The number of carbonyl (C=O) groups is 1. The second kappa shape index (κ2) is 5.71. The van der Waals surface area contributed by atoms with Crippen molar-refractivity contribution in [3.05, 3.63) is 24.0 Å². The molecule has 0 atom stereocenters. The van der Waals surface area contributed by atoms with Gasteiger partial charge in [-0.05, 0) is 25.0 Å². The summed E-state index contributed by atoms with van der Waals surface area (Å²) in [5.74, 6) is -0.399. The molecule has 98 valence electrons. The fraction of sp³-hybridized carbons (Fsp3) is 0.538. The molecule has 1 saturated carbocycles. The molecule has 0 radical (unpaired) electrons. The Morgan fingerprint density at radius 1 is 1.39 bits per heavy atom. The predicted octanol–water partition coefficient (Wildman–Crippen LogP) is 2.57. The Kier molecular flexibility index (Phi) is 4.24. The predicted molar refractivity (Wildman–Crippen MR) is 70.0 cm³/mol. The zero-order valence-electron chi connectivity index (χ0n) is 10.1. The minimum absolute atomic E-state index is 0.0515. The molecular weight excluding hydrogens is 250 g/mol. The minimum Gasteiger partial charge on any atom is -0.477 e. The first-order valence-electron chi connectivity index (χ1n) is 6.14. The molecule has 1 heterocycles. The third-order valence-electron chi connectivity index (χ3n) is 3.24. The number of aromatic nitrogens is 1. The molecule has 1 aromatic rings. The van der Waals surface area contributed by atoms with Gasteiger partial charge in [-0.15, -0.1) is 11.8 Å². The van der Waals surface area contributed by atoms with Crippen molar-refractivity contribution in [2.75, 3.05) is 5.75 Å². The Morgan fingerprint density at radius 2 is 2.11 bits per heavy atom. The van der Waals surface area contributed by atoms with Crippen LogP contribution in [-0.2, 0) is 0 Å². The van der Waals surface area contributed by atoms with E-state index >= 15 is 0 Å². The van der Waals surface area contributed by atoms with Crippen molar-refractivity contribution >= 4 is 17.7 Å². The maximum absolute atomic E-state index is 10.8. The fourth-order valence-electron chi connectivity index (χ4n) is 2.19. The lowest BCUT2D eigenvalue weighted by Crippen LogP contribution is -2.33. The highest BCUT2D eigenvalue weighted by Crippen LogP contribution is 2.33. The minimum atomic E-state index is -1.02. The Hall–Kier alpha value is -1.07. The van der Waals surface area contributed by atoms with Gasteiger partial charge in [0, 0.05) is 16.8 Å². The van der Waals surface area contributed by atoms with Crippen molar-refractivity contribution in [3.63, 3.8) is 0 Å². The van der Waals surface area contributed by atoms with Crippen LogP contribution in [0.15, 0.2) is 23.2 Å². The number of aromatic carboxylic acids is 1. The van der Waals surface area contributed by atoms with Crippen LogP contribution in [0.25, 0.3) is 0 Å². The molecule has 0 bridgehead atoms. The van der Waals surface area contributed by atoms with Gasteiger partial charge in [0.2, 0.25) is 0 Å². The van der Waals surface area contributed by atoms with Gasteiger partial charge < -0.3 is 10.2 Å². The first-order chi connectivity index (χ1) is 8.59. The monoisotopic (exact) mass is 267 g/mol. The van der Waals surface area contributed by atoms with Gasteiger partial charge in [-0.2, -0.15) is 0 Å². The van der Waals surface area contributed by atoms with Crippen LogP contribution in [0.3, 0.4) is 0 Å². The van der Waals surface area contributed by atoms with Gasteiger partial charge in [0.25, 0.3) is 0 Å². The lowest BCUT2D eigenvalue weighted by atomic mass is 9.86. The number of nitrogens with zero attached hydrogens (tertiary/aromatic N) is 1. The van der Waals surface area contributed by atoms with E-state index in [0.29, 0.717) is 5.75 Å². The van der Waals surface area contributed by atoms with Crippen LogP contribution in [0.2, 0.25) is 0 Å². The molecule has 1 aromatic heterocycles. The maximum atomic E-state index is 10.8. The van der Waals surface area contributed by atoms with E-state index in [1.165, 1.54) is 24.4 Å². The van der Waals surface area contributed by atoms with E-state index in [0.717, 1.165) is 30.6 Å². The van der Waals surface area contributed by atoms with Crippen LogP contribution < -0.4 is 0 Å². The van der Waals surface area contributed by atoms with Gasteiger partial charge in [0.05, 0.1) is 5.60 Å². The van der Waals surface area contributed by atoms with E-state index in [1.807, 2.05) is 0 Å². The van der Waals surface area contributed by atoms with Crippen molar-refractivity contribution < 1.29 is 15.0 Å². The average Bonchev–Trinajstić information content (AvgIpc) is 2.38. The van der Waals surface area contributed by atoms with Crippen LogP contribution in [0.1, 0.15) is 42.6 Å². The van der Waals surface area contributed by atoms with Crippen molar-refractivity contribution in [1.29, 1.82) is 0 Å². The molecule has 4 nitrogen and oxygen atoms in total. The smallest absolute Gasteiger partial charge is 0.354 e. The van der Waals surface area contributed by atoms with E-state index in [1.54, 1.807) is 12.1 Å². The topological polar surface area (TPSA) is 70.4 Å². The highest BCUT2D eigenvalue weighted by molar-refractivity contribution is 7.99. The summed E-state index contributed by atoms with van der Waals surface area (Å²) in [6.07, 6.45) is 6.54. The Morgan fingerprint density at radius 3 is 2.78 bits per heavy atom. The number of carboxylic acids is 1. The molecular formula is C13H17NO3S. The summed E-state index contributed by atoms with van der Waals surface area (Å²) in [7, 11) is 0. The number of hydrogen-bond acceptors (Lipinski definition) is 4. The molecule has 2 rings (SSSR count). The molecule has 0 unspecified atom stereocenters. The normalized spacial score (nSPS) is 18.5. The SMILES string of the molecule is O=C(O)c1cc(SCC2(O)CCCCC2)ccn1. The second-order valence-corrected chi connectivity index (χ2v) is 5.80. The molecule has 1 aliphatic rings. The van der Waals surface area contributed by atoms with Crippen LogP contribution >= 0.6 is 11.8 Å². The molecule has 0 spiro atoms. The summed E-state index contributed by atoms with van der Waals surface area (Å²) in [5.41, 5.74) is -0.536. The van der Waals surface area contributed by atoms with Crippen molar-refractivity contribution in [2.45, 2.75) is 42.6 Å². The third kappa shape index (κ3) is 3.46. The average molecular weight is 267 g/mol. The van der Waals surface area contributed by atoms with Gasteiger partial charge in [-0.3, -0.25) is 0 Å². The first kappa shape index (κ1) is 13.4. The summed E-state index contributed by atoms with van der Waals surface area (Å²) >= 11 is 1.50. The molecule has 0 aromatic carbocycles. The molecule has 1 aliphatic carbocycles. The molecule has 0 aliphatic heterocycles. The summed E-state index contributed by atoms with van der Waals surface area (Å²) in [6, 6.07) is 3.34. The number of hydrogen-bond donors (Lipinski definition) is 2. The fourth-order valence-corrected chi connectivity index (χ4v) is 3.27. The van der Waals surface area contributed by atoms with Gasteiger partial charge >= 0.3 is 5.97 Å². The van der Waals surface area contributed by atoms with E-state index < -0.39 is 11.6 Å².